The zero-order chi connectivity index (χ0) is 17.0. The van der Waals surface area contributed by atoms with Gasteiger partial charge in [-0.15, -0.1) is 0 Å². The quantitative estimate of drug-likeness (QED) is 0.606. The zero-order valence-corrected chi connectivity index (χ0v) is 14.3. The van der Waals surface area contributed by atoms with Crippen molar-refractivity contribution in [2.75, 3.05) is 11.9 Å². The molecule has 4 nitrogen and oxygen atoms in total. The lowest BCUT2D eigenvalue weighted by Crippen LogP contribution is -2.47. The van der Waals surface area contributed by atoms with Gasteiger partial charge < -0.3 is 10.6 Å². The molecule has 0 fully saturated rings. The SMILES string of the molecule is CCCCC(NCCc1ccccc1)NC(=O)Nc1ccccc1. The lowest BCUT2D eigenvalue weighted by Gasteiger charge is -2.20. The Balaban J connectivity index is 1.79. The van der Waals surface area contributed by atoms with Gasteiger partial charge in [0.2, 0.25) is 0 Å². The number of nitrogens with one attached hydrogen (secondary N) is 3. The van der Waals surface area contributed by atoms with Crippen LogP contribution in [0.2, 0.25) is 0 Å². The molecule has 1 unspecified atom stereocenters. The van der Waals surface area contributed by atoms with Gasteiger partial charge in [0, 0.05) is 12.2 Å². The van der Waals surface area contributed by atoms with Gasteiger partial charge in [-0.25, -0.2) is 4.79 Å². The Morgan fingerprint density at radius 3 is 2.33 bits per heavy atom. The van der Waals surface area contributed by atoms with Gasteiger partial charge in [0.15, 0.2) is 0 Å². The van der Waals surface area contributed by atoms with Gasteiger partial charge in [0.1, 0.15) is 0 Å². The molecule has 0 aromatic heterocycles. The number of carbonyl (C=O) groups excluding carboxylic acids is 1. The van der Waals surface area contributed by atoms with Crippen LogP contribution in [0.3, 0.4) is 0 Å². The summed E-state index contributed by atoms with van der Waals surface area (Å²) in [4.78, 5) is 12.2. The minimum absolute atomic E-state index is 0.0163. The van der Waals surface area contributed by atoms with Crippen LogP contribution in [0.1, 0.15) is 31.7 Å². The van der Waals surface area contributed by atoms with Crippen LogP contribution in [0.5, 0.6) is 0 Å². The summed E-state index contributed by atoms with van der Waals surface area (Å²) in [5.74, 6) is 0. The van der Waals surface area contributed by atoms with E-state index in [2.05, 4.69) is 47.1 Å². The van der Waals surface area contributed by atoms with Crippen molar-refractivity contribution in [3.63, 3.8) is 0 Å². The lowest BCUT2D eigenvalue weighted by atomic mass is 10.1. The van der Waals surface area contributed by atoms with E-state index in [4.69, 9.17) is 0 Å². The maximum atomic E-state index is 12.2. The molecule has 0 saturated carbocycles. The molecule has 3 N–H and O–H groups in total. The molecule has 128 valence electrons. The second-order valence-electron chi connectivity index (χ2n) is 5.85. The number of unbranched alkanes of at least 4 members (excludes halogenated alkanes) is 1. The fourth-order valence-corrected chi connectivity index (χ4v) is 2.52. The molecular weight excluding hydrogens is 298 g/mol. The highest BCUT2D eigenvalue weighted by Gasteiger charge is 2.11. The Bertz CT molecular complexity index is 586. The largest absolute Gasteiger partial charge is 0.323 e. The van der Waals surface area contributed by atoms with Gasteiger partial charge in [0.25, 0.3) is 0 Å². The monoisotopic (exact) mass is 325 g/mol. The van der Waals surface area contributed by atoms with Crippen LogP contribution in [0.4, 0.5) is 10.5 Å². The topological polar surface area (TPSA) is 53.2 Å². The average Bonchev–Trinajstić information content (AvgIpc) is 2.61. The maximum absolute atomic E-state index is 12.2. The van der Waals surface area contributed by atoms with Crippen LogP contribution < -0.4 is 16.0 Å². The molecule has 0 saturated heterocycles. The number of anilines is 1. The Kier molecular flexibility index (Phi) is 7.84. The van der Waals surface area contributed by atoms with Crippen molar-refractivity contribution in [1.82, 2.24) is 10.6 Å². The fraction of sp³-hybridized carbons (Fsp3) is 0.350. The number of urea groups is 1. The minimum atomic E-state index is -0.172. The number of carbonyl (C=O) groups is 1. The Labute approximate surface area is 144 Å². The molecular formula is C20H27N3O. The first-order chi connectivity index (χ1) is 11.8. The number of hydrogen-bond acceptors (Lipinski definition) is 2. The minimum Gasteiger partial charge on any atom is -0.323 e. The van der Waals surface area contributed by atoms with E-state index >= 15 is 0 Å². The molecule has 2 rings (SSSR count). The summed E-state index contributed by atoms with van der Waals surface area (Å²) in [6.07, 6.45) is 4.05. The molecule has 0 radical (unpaired) electrons. The Morgan fingerprint density at radius 1 is 1.00 bits per heavy atom. The number of rotatable bonds is 9. The molecule has 0 aliphatic heterocycles. The molecule has 0 aliphatic rings. The standard InChI is InChI=1S/C20H27N3O/c1-2-3-14-19(21-16-15-17-10-6-4-7-11-17)23-20(24)22-18-12-8-5-9-13-18/h4-13,19,21H,2-3,14-16H2,1H3,(H2,22,23,24). The van der Waals surface area contributed by atoms with Gasteiger partial charge in [-0.05, 0) is 30.5 Å². The molecule has 1 atom stereocenters. The molecule has 24 heavy (non-hydrogen) atoms. The van der Waals surface area contributed by atoms with Crippen LogP contribution in [0, 0.1) is 0 Å². The highest BCUT2D eigenvalue weighted by Crippen LogP contribution is 2.05. The normalized spacial score (nSPS) is 11.7. The molecule has 2 amide bonds. The van der Waals surface area contributed by atoms with Crippen molar-refractivity contribution in [3.05, 3.63) is 66.2 Å². The van der Waals surface area contributed by atoms with Crippen LogP contribution in [-0.2, 0) is 6.42 Å². The molecule has 0 bridgehead atoms. The first kappa shape index (κ1) is 18.0. The first-order valence-corrected chi connectivity index (χ1v) is 8.68. The van der Waals surface area contributed by atoms with E-state index in [0.29, 0.717) is 0 Å². The van der Waals surface area contributed by atoms with Gasteiger partial charge in [-0.2, -0.15) is 0 Å². The van der Waals surface area contributed by atoms with E-state index in [0.717, 1.165) is 37.9 Å². The number of amides is 2. The van der Waals surface area contributed by atoms with E-state index in [-0.39, 0.29) is 12.2 Å². The van der Waals surface area contributed by atoms with E-state index in [1.165, 1.54) is 5.56 Å². The molecule has 0 spiro atoms. The van der Waals surface area contributed by atoms with E-state index in [9.17, 15) is 4.79 Å². The highest BCUT2D eigenvalue weighted by molar-refractivity contribution is 5.89. The highest BCUT2D eigenvalue weighted by atomic mass is 16.2. The first-order valence-electron chi connectivity index (χ1n) is 8.68. The van der Waals surface area contributed by atoms with Gasteiger partial charge in [0.05, 0.1) is 6.17 Å². The second-order valence-corrected chi connectivity index (χ2v) is 5.85. The van der Waals surface area contributed by atoms with Crippen LogP contribution in [0.25, 0.3) is 0 Å². The van der Waals surface area contributed by atoms with Crippen LogP contribution >= 0.6 is 0 Å². The Morgan fingerprint density at radius 2 is 1.67 bits per heavy atom. The summed E-state index contributed by atoms with van der Waals surface area (Å²) in [6.45, 7) is 3.00. The molecule has 2 aromatic carbocycles. The van der Waals surface area contributed by atoms with Gasteiger partial charge in [-0.3, -0.25) is 5.32 Å². The van der Waals surface area contributed by atoms with Crippen molar-refractivity contribution in [3.8, 4) is 0 Å². The number of hydrogen-bond donors (Lipinski definition) is 3. The predicted octanol–water partition coefficient (Wildman–Crippen LogP) is 4.16. The zero-order valence-electron chi connectivity index (χ0n) is 14.3. The van der Waals surface area contributed by atoms with E-state index in [1.54, 1.807) is 0 Å². The van der Waals surface area contributed by atoms with E-state index in [1.807, 2.05) is 36.4 Å². The smallest absolute Gasteiger partial charge is 0.320 e. The van der Waals surface area contributed by atoms with Gasteiger partial charge >= 0.3 is 6.03 Å². The van der Waals surface area contributed by atoms with E-state index < -0.39 is 0 Å². The average molecular weight is 325 g/mol. The van der Waals surface area contributed by atoms with Crippen LogP contribution in [0.15, 0.2) is 60.7 Å². The summed E-state index contributed by atoms with van der Waals surface area (Å²) < 4.78 is 0. The summed E-state index contributed by atoms with van der Waals surface area (Å²) >= 11 is 0. The predicted molar refractivity (Wildman–Crippen MR) is 100 cm³/mol. The third-order valence-corrected chi connectivity index (χ3v) is 3.83. The maximum Gasteiger partial charge on any atom is 0.320 e. The summed E-state index contributed by atoms with van der Waals surface area (Å²) in [5, 5.41) is 9.34. The number of benzene rings is 2. The van der Waals surface area contributed by atoms with Crippen molar-refractivity contribution in [2.45, 2.75) is 38.8 Å². The van der Waals surface area contributed by atoms with Crippen molar-refractivity contribution in [2.24, 2.45) is 0 Å². The third-order valence-electron chi connectivity index (χ3n) is 3.83. The van der Waals surface area contributed by atoms with Crippen LogP contribution in [-0.4, -0.2) is 18.7 Å². The number of para-hydroxylation sites is 1. The third kappa shape index (κ3) is 6.84. The summed E-state index contributed by atoms with van der Waals surface area (Å²) in [7, 11) is 0. The van der Waals surface area contributed by atoms with Crippen molar-refractivity contribution in [1.29, 1.82) is 0 Å². The molecule has 0 aliphatic carbocycles. The molecule has 2 aromatic rings. The van der Waals surface area contributed by atoms with Crippen molar-refractivity contribution >= 4 is 11.7 Å². The van der Waals surface area contributed by atoms with Crippen molar-refractivity contribution < 1.29 is 4.79 Å². The fourth-order valence-electron chi connectivity index (χ4n) is 2.52. The summed E-state index contributed by atoms with van der Waals surface area (Å²) in [6, 6.07) is 19.7. The second kappa shape index (κ2) is 10.4. The Hall–Kier alpha value is -2.33. The lowest BCUT2D eigenvalue weighted by molar-refractivity contribution is 0.244. The summed E-state index contributed by atoms with van der Waals surface area (Å²) in [5.41, 5.74) is 2.10. The van der Waals surface area contributed by atoms with Gasteiger partial charge in [-0.1, -0.05) is 68.3 Å². The molecule has 0 heterocycles. The molecule has 4 heteroatoms.